The van der Waals surface area contributed by atoms with Crippen LogP contribution in [-0.2, 0) is 4.79 Å². The summed E-state index contributed by atoms with van der Waals surface area (Å²) in [7, 11) is 0. The minimum atomic E-state index is -0.511. The highest BCUT2D eigenvalue weighted by Crippen LogP contribution is 2.48. The number of carbonyl (C=O) groups is 1. The first-order valence-corrected chi connectivity index (χ1v) is 7.89. The number of carboxylic acids is 1. The van der Waals surface area contributed by atoms with Gasteiger partial charge in [0.05, 0.1) is 5.41 Å². The Labute approximate surface area is 111 Å². The van der Waals surface area contributed by atoms with Crippen molar-refractivity contribution in [3.8, 4) is 0 Å². The fourth-order valence-corrected chi connectivity index (χ4v) is 3.77. The molecule has 2 nitrogen and oxygen atoms in total. The maximum absolute atomic E-state index is 11.7. The van der Waals surface area contributed by atoms with Gasteiger partial charge in [-0.1, -0.05) is 45.4 Å². The molecule has 0 bridgehead atoms. The minimum Gasteiger partial charge on any atom is -0.481 e. The van der Waals surface area contributed by atoms with Crippen LogP contribution in [0.25, 0.3) is 0 Å². The van der Waals surface area contributed by atoms with Crippen LogP contribution < -0.4 is 0 Å². The lowest BCUT2D eigenvalue weighted by Gasteiger charge is -2.41. The van der Waals surface area contributed by atoms with Gasteiger partial charge in [0.2, 0.25) is 0 Å². The molecular formula is C16H28O2. The molecule has 2 saturated carbocycles. The van der Waals surface area contributed by atoms with Gasteiger partial charge in [0.25, 0.3) is 0 Å². The van der Waals surface area contributed by atoms with Crippen molar-refractivity contribution in [2.45, 2.75) is 77.6 Å². The van der Waals surface area contributed by atoms with E-state index in [4.69, 9.17) is 0 Å². The third-order valence-corrected chi connectivity index (χ3v) is 5.39. The van der Waals surface area contributed by atoms with E-state index in [0.717, 1.165) is 38.0 Å². The summed E-state index contributed by atoms with van der Waals surface area (Å²) >= 11 is 0. The predicted octanol–water partition coefficient (Wildman–Crippen LogP) is 4.63. The van der Waals surface area contributed by atoms with E-state index in [2.05, 4.69) is 6.92 Å². The molecule has 18 heavy (non-hydrogen) atoms. The Morgan fingerprint density at radius 2 is 1.83 bits per heavy atom. The number of aliphatic carboxylic acids is 1. The largest absolute Gasteiger partial charge is 0.481 e. The summed E-state index contributed by atoms with van der Waals surface area (Å²) in [5.74, 6) is 1.01. The molecule has 2 rings (SSSR count). The molecule has 0 aromatic rings. The number of carboxylic acid groups (broad SMARTS) is 1. The van der Waals surface area contributed by atoms with Crippen LogP contribution in [0.2, 0.25) is 0 Å². The molecule has 0 heterocycles. The van der Waals surface area contributed by atoms with Crippen LogP contribution in [0.5, 0.6) is 0 Å². The van der Waals surface area contributed by atoms with Gasteiger partial charge in [0.1, 0.15) is 0 Å². The van der Waals surface area contributed by atoms with Crippen molar-refractivity contribution in [2.75, 3.05) is 0 Å². The number of hydrogen-bond acceptors (Lipinski definition) is 1. The lowest BCUT2D eigenvalue weighted by atomic mass is 9.63. The summed E-state index contributed by atoms with van der Waals surface area (Å²) in [4.78, 5) is 11.7. The molecule has 2 aliphatic carbocycles. The van der Waals surface area contributed by atoms with Gasteiger partial charge in [-0.3, -0.25) is 4.79 Å². The second-order valence-corrected chi connectivity index (χ2v) is 6.67. The van der Waals surface area contributed by atoms with Crippen molar-refractivity contribution < 1.29 is 9.90 Å². The summed E-state index contributed by atoms with van der Waals surface area (Å²) in [6, 6.07) is 0. The van der Waals surface area contributed by atoms with Crippen LogP contribution in [0.1, 0.15) is 77.6 Å². The van der Waals surface area contributed by atoms with Gasteiger partial charge in [-0.15, -0.1) is 0 Å². The van der Waals surface area contributed by atoms with Crippen LogP contribution in [0.3, 0.4) is 0 Å². The van der Waals surface area contributed by atoms with E-state index in [1.807, 2.05) is 0 Å². The fraction of sp³-hybridized carbons (Fsp3) is 0.938. The summed E-state index contributed by atoms with van der Waals surface area (Å²) in [5.41, 5.74) is -0.353. The van der Waals surface area contributed by atoms with Crippen molar-refractivity contribution in [3.05, 3.63) is 0 Å². The molecular weight excluding hydrogens is 224 g/mol. The molecule has 0 atom stereocenters. The molecule has 0 spiro atoms. The third-order valence-electron chi connectivity index (χ3n) is 5.39. The van der Waals surface area contributed by atoms with Crippen LogP contribution in [-0.4, -0.2) is 11.1 Å². The van der Waals surface area contributed by atoms with E-state index in [-0.39, 0.29) is 5.41 Å². The highest BCUT2D eigenvalue weighted by atomic mass is 16.4. The predicted molar refractivity (Wildman–Crippen MR) is 73.5 cm³/mol. The van der Waals surface area contributed by atoms with Crippen LogP contribution in [0.4, 0.5) is 0 Å². The summed E-state index contributed by atoms with van der Waals surface area (Å²) in [6.07, 6.45) is 12.9. The van der Waals surface area contributed by atoms with Crippen LogP contribution in [0.15, 0.2) is 0 Å². The molecule has 0 aliphatic heterocycles. The number of rotatable bonds is 6. The Bertz CT molecular complexity index is 273. The quantitative estimate of drug-likeness (QED) is 0.748. The van der Waals surface area contributed by atoms with Gasteiger partial charge in [0.15, 0.2) is 0 Å². The van der Waals surface area contributed by atoms with E-state index >= 15 is 0 Å². The molecule has 104 valence electrons. The second kappa shape index (κ2) is 6.08. The molecule has 0 unspecified atom stereocenters. The van der Waals surface area contributed by atoms with Gasteiger partial charge in [-0.25, -0.2) is 0 Å². The molecule has 0 aromatic heterocycles. The Hall–Kier alpha value is -0.530. The Balaban J connectivity index is 1.86. The third kappa shape index (κ3) is 3.07. The van der Waals surface area contributed by atoms with Gasteiger partial charge in [0, 0.05) is 0 Å². The normalized spacial score (nSPS) is 33.1. The zero-order chi connectivity index (χ0) is 13.0. The maximum Gasteiger partial charge on any atom is 0.309 e. The Morgan fingerprint density at radius 3 is 2.28 bits per heavy atom. The van der Waals surface area contributed by atoms with E-state index < -0.39 is 5.97 Å². The van der Waals surface area contributed by atoms with Gasteiger partial charge in [-0.05, 0) is 43.9 Å². The van der Waals surface area contributed by atoms with E-state index in [0.29, 0.717) is 5.92 Å². The lowest BCUT2D eigenvalue weighted by Crippen LogP contribution is -2.38. The summed E-state index contributed by atoms with van der Waals surface area (Å²) in [6.45, 7) is 2.24. The molecule has 2 fully saturated rings. The van der Waals surface area contributed by atoms with Gasteiger partial charge >= 0.3 is 5.97 Å². The molecule has 2 aliphatic rings. The van der Waals surface area contributed by atoms with Crippen molar-refractivity contribution in [1.82, 2.24) is 0 Å². The number of hydrogen-bond donors (Lipinski definition) is 1. The molecule has 0 aromatic carbocycles. The Kier molecular flexibility index (Phi) is 4.69. The molecule has 1 N–H and O–H groups in total. The monoisotopic (exact) mass is 252 g/mol. The van der Waals surface area contributed by atoms with Crippen molar-refractivity contribution in [2.24, 2.45) is 17.3 Å². The minimum absolute atomic E-state index is 0.353. The van der Waals surface area contributed by atoms with Crippen LogP contribution in [0, 0.1) is 17.3 Å². The molecule has 0 amide bonds. The maximum atomic E-state index is 11.7. The highest BCUT2D eigenvalue weighted by Gasteiger charge is 2.43. The van der Waals surface area contributed by atoms with Gasteiger partial charge in [-0.2, -0.15) is 0 Å². The van der Waals surface area contributed by atoms with Crippen molar-refractivity contribution >= 4 is 5.97 Å². The smallest absolute Gasteiger partial charge is 0.309 e. The second-order valence-electron chi connectivity index (χ2n) is 6.67. The Morgan fingerprint density at radius 1 is 1.17 bits per heavy atom. The topological polar surface area (TPSA) is 37.3 Å². The van der Waals surface area contributed by atoms with Crippen molar-refractivity contribution in [3.63, 3.8) is 0 Å². The molecule has 0 radical (unpaired) electrons. The van der Waals surface area contributed by atoms with Crippen LogP contribution >= 0.6 is 0 Å². The summed E-state index contributed by atoms with van der Waals surface area (Å²) in [5, 5.41) is 9.62. The number of unbranched alkanes of at least 4 members (excludes halogenated alkanes) is 1. The first-order chi connectivity index (χ1) is 8.66. The molecule has 0 saturated heterocycles. The lowest BCUT2D eigenvalue weighted by molar-refractivity contribution is -0.153. The highest BCUT2D eigenvalue weighted by molar-refractivity contribution is 5.74. The SMILES string of the molecule is CCCCC1CCC(CC2CCC2)(C(=O)O)CC1. The van der Waals surface area contributed by atoms with E-state index in [9.17, 15) is 9.90 Å². The summed E-state index contributed by atoms with van der Waals surface area (Å²) < 4.78 is 0. The first kappa shape index (κ1) is 13.9. The fourth-order valence-electron chi connectivity index (χ4n) is 3.77. The molecule has 2 heteroatoms. The van der Waals surface area contributed by atoms with E-state index in [1.54, 1.807) is 0 Å². The van der Waals surface area contributed by atoms with Gasteiger partial charge < -0.3 is 5.11 Å². The average Bonchev–Trinajstić information content (AvgIpc) is 2.32. The zero-order valence-corrected chi connectivity index (χ0v) is 11.8. The zero-order valence-electron chi connectivity index (χ0n) is 11.8. The van der Waals surface area contributed by atoms with E-state index in [1.165, 1.54) is 38.5 Å². The average molecular weight is 252 g/mol. The standard InChI is InChI=1S/C16H28O2/c1-2-3-5-13-8-10-16(11-9-13,15(17)18)12-14-6-4-7-14/h13-14H,2-12H2,1H3,(H,17,18). The first-order valence-electron chi connectivity index (χ1n) is 7.89. The van der Waals surface area contributed by atoms with Crippen molar-refractivity contribution in [1.29, 1.82) is 0 Å².